The molecule has 0 aliphatic heterocycles. The van der Waals surface area contributed by atoms with Crippen LogP contribution in [0.5, 0.6) is 0 Å². The van der Waals surface area contributed by atoms with Crippen molar-refractivity contribution in [1.29, 1.82) is 0 Å². The molecule has 0 radical (unpaired) electrons. The molecule has 0 heterocycles. The van der Waals surface area contributed by atoms with E-state index in [0.717, 1.165) is 6.54 Å². The molecule has 0 aliphatic carbocycles. The molecular formula is C15H25NS. The van der Waals surface area contributed by atoms with Crippen LogP contribution in [-0.2, 0) is 0 Å². The summed E-state index contributed by atoms with van der Waals surface area (Å²) in [6.45, 7) is 7.80. The first-order valence-corrected chi connectivity index (χ1v) is 7.49. The minimum absolute atomic E-state index is 0.263. The molecule has 1 aromatic carbocycles. The van der Waals surface area contributed by atoms with Crippen molar-refractivity contribution in [2.45, 2.75) is 50.5 Å². The van der Waals surface area contributed by atoms with Crippen LogP contribution in [0.25, 0.3) is 0 Å². The second-order valence-corrected chi connectivity index (χ2v) is 6.57. The Morgan fingerprint density at radius 1 is 1.00 bits per heavy atom. The van der Waals surface area contributed by atoms with Gasteiger partial charge in [-0.3, -0.25) is 0 Å². The summed E-state index contributed by atoms with van der Waals surface area (Å²) in [7, 11) is 0. The van der Waals surface area contributed by atoms with Crippen molar-refractivity contribution in [1.82, 2.24) is 5.32 Å². The minimum Gasteiger partial charge on any atom is -0.312 e. The smallest absolute Gasteiger partial charge is 0.00965 e. The monoisotopic (exact) mass is 251 g/mol. The molecule has 17 heavy (non-hydrogen) atoms. The quantitative estimate of drug-likeness (QED) is 0.571. The molecule has 0 bridgehead atoms. The number of thioether (sulfide) groups is 1. The number of hydrogen-bond donors (Lipinski definition) is 1. The molecule has 0 unspecified atom stereocenters. The molecule has 1 N–H and O–H groups in total. The van der Waals surface area contributed by atoms with E-state index in [1.54, 1.807) is 0 Å². The van der Waals surface area contributed by atoms with Gasteiger partial charge in [-0.2, -0.15) is 0 Å². The predicted molar refractivity (Wildman–Crippen MR) is 78.8 cm³/mol. The number of unbranched alkanes of at least 4 members (excludes halogenated alkanes) is 2. The first-order valence-electron chi connectivity index (χ1n) is 6.51. The molecule has 0 spiro atoms. The van der Waals surface area contributed by atoms with Crippen LogP contribution in [0.1, 0.15) is 40.0 Å². The maximum absolute atomic E-state index is 3.52. The SMILES string of the molecule is CC(C)(C)NCCCCCSc1ccccc1. The molecule has 96 valence electrons. The van der Waals surface area contributed by atoms with Gasteiger partial charge in [0.2, 0.25) is 0 Å². The van der Waals surface area contributed by atoms with Gasteiger partial charge in [0.25, 0.3) is 0 Å². The van der Waals surface area contributed by atoms with E-state index in [2.05, 4.69) is 56.4 Å². The van der Waals surface area contributed by atoms with E-state index in [-0.39, 0.29) is 5.54 Å². The summed E-state index contributed by atoms with van der Waals surface area (Å²) in [6.07, 6.45) is 3.92. The maximum Gasteiger partial charge on any atom is 0.00965 e. The van der Waals surface area contributed by atoms with Gasteiger partial charge in [0.05, 0.1) is 0 Å². The fourth-order valence-corrected chi connectivity index (χ4v) is 2.51. The summed E-state index contributed by atoms with van der Waals surface area (Å²) in [5.74, 6) is 1.24. The number of rotatable bonds is 7. The fourth-order valence-electron chi connectivity index (χ4n) is 1.57. The van der Waals surface area contributed by atoms with E-state index < -0.39 is 0 Å². The van der Waals surface area contributed by atoms with Gasteiger partial charge in [0, 0.05) is 10.4 Å². The van der Waals surface area contributed by atoms with Gasteiger partial charge in [-0.05, 0) is 58.0 Å². The molecule has 0 aromatic heterocycles. The number of hydrogen-bond acceptors (Lipinski definition) is 2. The van der Waals surface area contributed by atoms with Crippen LogP contribution in [0, 0.1) is 0 Å². The molecule has 0 fully saturated rings. The van der Waals surface area contributed by atoms with Crippen LogP contribution < -0.4 is 5.32 Å². The fraction of sp³-hybridized carbons (Fsp3) is 0.600. The van der Waals surface area contributed by atoms with Crippen LogP contribution in [-0.4, -0.2) is 17.8 Å². The lowest BCUT2D eigenvalue weighted by atomic mass is 10.1. The standard InChI is InChI=1S/C15H25NS/c1-15(2,3)16-12-8-5-9-13-17-14-10-6-4-7-11-14/h4,6-7,10-11,16H,5,8-9,12-13H2,1-3H3. The lowest BCUT2D eigenvalue weighted by Crippen LogP contribution is -2.36. The highest BCUT2D eigenvalue weighted by molar-refractivity contribution is 7.99. The molecule has 0 amide bonds. The average molecular weight is 251 g/mol. The molecule has 1 rings (SSSR count). The van der Waals surface area contributed by atoms with E-state index in [0.29, 0.717) is 0 Å². The number of benzene rings is 1. The van der Waals surface area contributed by atoms with Crippen molar-refractivity contribution < 1.29 is 0 Å². The van der Waals surface area contributed by atoms with Crippen LogP contribution in [0.15, 0.2) is 35.2 Å². The zero-order valence-electron chi connectivity index (χ0n) is 11.3. The molecule has 2 heteroatoms. The summed E-state index contributed by atoms with van der Waals surface area (Å²) in [5.41, 5.74) is 0.263. The van der Waals surface area contributed by atoms with Crippen LogP contribution in [0.4, 0.5) is 0 Å². The van der Waals surface area contributed by atoms with Gasteiger partial charge >= 0.3 is 0 Å². The summed E-state index contributed by atoms with van der Waals surface area (Å²) < 4.78 is 0. The van der Waals surface area contributed by atoms with Crippen molar-refractivity contribution in [3.8, 4) is 0 Å². The molecule has 1 nitrogen and oxygen atoms in total. The number of nitrogens with one attached hydrogen (secondary N) is 1. The lowest BCUT2D eigenvalue weighted by Gasteiger charge is -2.20. The van der Waals surface area contributed by atoms with Gasteiger partial charge in [-0.25, -0.2) is 0 Å². The maximum atomic E-state index is 3.52. The van der Waals surface area contributed by atoms with Crippen molar-refractivity contribution in [2.24, 2.45) is 0 Å². The zero-order valence-corrected chi connectivity index (χ0v) is 12.1. The van der Waals surface area contributed by atoms with Gasteiger partial charge in [-0.1, -0.05) is 24.6 Å². The lowest BCUT2D eigenvalue weighted by molar-refractivity contribution is 0.418. The highest BCUT2D eigenvalue weighted by Crippen LogP contribution is 2.18. The molecule has 0 aliphatic rings. The first kappa shape index (κ1) is 14.6. The summed E-state index contributed by atoms with van der Waals surface area (Å²) in [6, 6.07) is 10.7. The summed E-state index contributed by atoms with van der Waals surface area (Å²) in [4.78, 5) is 1.39. The van der Waals surface area contributed by atoms with Crippen LogP contribution >= 0.6 is 11.8 Å². The Kier molecular flexibility index (Phi) is 6.68. The van der Waals surface area contributed by atoms with Gasteiger partial charge in [0.1, 0.15) is 0 Å². The highest BCUT2D eigenvalue weighted by atomic mass is 32.2. The van der Waals surface area contributed by atoms with E-state index in [1.807, 2.05) is 11.8 Å². The van der Waals surface area contributed by atoms with Crippen molar-refractivity contribution in [3.63, 3.8) is 0 Å². The Balaban J connectivity index is 1.95. The molecule has 0 saturated heterocycles. The van der Waals surface area contributed by atoms with E-state index in [9.17, 15) is 0 Å². The van der Waals surface area contributed by atoms with E-state index >= 15 is 0 Å². The van der Waals surface area contributed by atoms with E-state index in [1.165, 1.54) is 29.9 Å². The summed E-state index contributed by atoms with van der Waals surface area (Å²) in [5, 5.41) is 3.52. The third-order valence-corrected chi connectivity index (χ3v) is 3.59. The largest absolute Gasteiger partial charge is 0.312 e. The topological polar surface area (TPSA) is 12.0 Å². The second-order valence-electron chi connectivity index (χ2n) is 5.40. The Hall–Kier alpha value is -0.470. The van der Waals surface area contributed by atoms with Crippen molar-refractivity contribution in [2.75, 3.05) is 12.3 Å². The minimum atomic E-state index is 0.263. The third-order valence-electron chi connectivity index (χ3n) is 2.49. The van der Waals surface area contributed by atoms with Crippen LogP contribution in [0.3, 0.4) is 0 Å². The molecule has 1 aromatic rings. The second kappa shape index (κ2) is 7.78. The first-order chi connectivity index (χ1) is 8.08. The van der Waals surface area contributed by atoms with Gasteiger partial charge in [0.15, 0.2) is 0 Å². The zero-order chi connectivity index (χ0) is 12.6. The Morgan fingerprint density at radius 3 is 2.35 bits per heavy atom. The molecule has 0 atom stereocenters. The van der Waals surface area contributed by atoms with Crippen molar-refractivity contribution in [3.05, 3.63) is 30.3 Å². The van der Waals surface area contributed by atoms with Gasteiger partial charge < -0.3 is 5.32 Å². The predicted octanol–water partition coefficient (Wildman–Crippen LogP) is 4.34. The highest BCUT2D eigenvalue weighted by Gasteiger charge is 2.06. The third kappa shape index (κ3) is 8.28. The Morgan fingerprint density at radius 2 is 1.71 bits per heavy atom. The summed E-state index contributed by atoms with van der Waals surface area (Å²) >= 11 is 1.96. The Bertz CT molecular complexity index is 290. The van der Waals surface area contributed by atoms with E-state index in [4.69, 9.17) is 0 Å². The Labute approximate surface area is 110 Å². The molecule has 0 saturated carbocycles. The normalized spacial score (nSPS) is 11.7. The van der Waals surface area contributed by atoms with Crippen LogP contribution in [0.2, 0.25) is 0 Å². The van der Waals surface area contributed by atoms with Crippen molar-refractivity contribution >= 4 is 11.8 Å². The van der Waals surface area contributed by atoms with Gasteiger partial charge in [-0.15, -0.1) is 11.8 Å². The average Bonchev–Trinajstić information content (AvgIpc) is 2.28. The molecular weight excluding hydrogens is 226 g/mol.